The van der Waals surface area contributed by atoms with Crippen molar-refractivity contribution >= 4 is 40.5 Å². The second kappa shape index (κ2) is 5.70. The number of nitrogens with one attached hydrogen (secondary N) is 1. The molecule has 0 radical (unpaired) electrons. The molecule has 1 rings (SSSR count). The molecular weight excluding hydrogens is 250 g/mol. The highest BCUT2D eigenvalue weighted by atomic mass is 32.1. The first-order valence-electron chi connectivity index (χ1n) is 4.19. The number of carbonyl (C=O) groups is 3. The van der Waals surface area contributed by atoms with E-state index >= 15 is 0 Å². The van der Waals surface area contributed by atoms with Crippen LogP contribution in [-0.4, -0.2) is 34.2 Å². The van der Waals surface area contributed by atoms with E-state index in [0.717, 1.165) is 18.3 Å². The minimum atomic E-state index is -1.39. The van der Waals surface area contributed by atoms with E-state index in [1.54, 1.807) is 0 Å². The largest absolute Gasteiger partial charge is 0.476 e. The quantitative estimate of drug-likeness (QED) is 0.333. The van der Waals surface area contributed by atoms with Gasteiger partial charge in [0.1, 0.15) is 5.69 Å². The molecule has 90 valence electrons. The van der Waals surface area contributed by atoms with Crippen LogP contribution >= 0.6 is 11.3 Å². The molecule has 2 N–H and O–H groups in total. The van der Waals surface area contributed by atoms with Crippen molar-refractivity contribution in [3.8, 4) is 0 Å². The van der Waals surface area contributed by atoms with E-state index in [4.69, 9.17) is 5.11 Å². The molecule has 1 heterocycles. The zero-order valence-corrected chi connectivity index (χ0v) is 9.35. The van der Waals surface area contributed by atoms with Crippen LogP contribution in [0.15, 0.2) is 10.5 Å². The molecule has 0 unspecified atom stereocenters. The topological polar surface area (TPSA) is 118 Å². The Morgan fingerprint density at radius 1 is 1.65 bits per heavy atom. The fraction of sp³-hybridized carbons (Fsp3) is 0.125. The van der Waals surface area contributed by atoms with Gasteiger partial charge >= 0.3 is 11.9 Å². The number of hydrogen-bond acceptors (Lipinski definition) is 7. The van der Waals surface area contributed by atoms with Crippen molar-refractivity contribution in [1.82, 2.24) is 4.98 Å². The van der Waals surface area contributed by atoms with Gasteiger partial charge in [0.2, 0.25) is 12.1 Å². The third-order valence-electron chi connectivity index (χ3n) is 1.40. The van der Waals surface area contributed by atoms with Crippen molar-refractivity contribution in [2.75, 3.05) is 5.32 Å². The summed E-state index contributed by atoms with van der Waals surface area (Å²) in [6.45, 7) is 1.09. The molecule has 0 saturated carbocycles. The van der Waals surface area contributed by atoms with Gasteiger partial charge in [-0.25, -0.2) is 14.6 Å². The van der Waals surface area contributed by atoms with Crippen LogP contribution in [0, 0.1) is 0 Å². The van der Waals surface area contributed by atoms with E-state index in [1.165, 1.54) is 5.38 Å². The Kier molecular flexibility index (Phi) is 4.29. The number of carboxylic acid groups (broad SMARTS) is 1. The van der Waals surface area contributed by atoms with Crippen molar-refractivity contribution in [2.45, 2.75) is 6.92 Å². The van der Waals surface area contributed by atoms with Crippen molar-refractivity contribution < 1.29 is 24.3 Å². The maximum absolute atomic E-state index is 10.8. The lowest BCUT2D eigenvalue weighted by atomic mass is 10.3. The van der Waals surface area contributed by atoms with Crippen LogP contribution in [0.3, 0.4) is 0 Å². The molecule has 0 fully saturated rings. The number of carboxylic acids is 1. The van der Waals surface area contributed by atoms with Gasteiger partial charge in [-0.15, -0.1) is 11.3 Å². The highest BCUT2D eigenvalue weighted by Crippen LogP contribution is 2.15. The lowest BCUT2D eigenvalue weighted by Crippen LogP contribution is -2.16. The number of amides is 1. The Morgan fingerprint density at radius 2 is 2.35 bits per heavy atom. The van der Waals surface area contributed by atoms with Gasteiger partial charge in [0, 0.05) is 12.3 Å². The Morgan fingerprint density at radius 3 is 2.88 bits per heavy atom. The molecule has 0 aliphatic carbocycles. The summed E-state index contributed by atoms with van der Waals surface area (Å²) < 4.78 is 0. The van der Waals surface area contributed by atoms with E-state index < -0.39 is 17.7 Å². The normalized spacial score (nSPS) is 10.8. The summed E-state index contributed by atoms with van der Waals surface area (Å²) in [6, 6.07) is 0. The molecule has 1 aromatic heterocycles. The second-order valence-corrected chi connectivity index (χ2v) is 3.49. The number of rotatable bonds is 5. The maximum atomic E-state index is 10.8. The Balaban J connectivity index is 2.97. The van der Waals surface area contributed by atoms with Crippen LogP contribution in [-0.2, 0) is 19.2 Å². The number of anilines is 1. The number of thiazole rings is 1. The molecule has 0 aliphatic rings. The summed E-state index contributed by atoms with van der Waals surface area (Å²) >= 11 is 1.02. The highest BCUT2D eigenvalue weighted by molar-refractivity contribution is 7.14. The summed E-state index contributed by atoms with van der Waals surface area (Å²) in [5.74, 6) is -2.14. The van der Waals surface area contributed by atoms with Crippen LogP contribution in [0.25, 0.3) is 0 Å². The van der Waals surface area contributed by atoms with Gasteiger partial charge in [-0.1, -0.05) is 5.16 Å². The van der Waals surface area contributed by atoms with Crippen LogP contribution in [0.4, 0.5) is 5.13 Å². The van der Waals surface area contributed by atoms with E-state index in [1.807, 2.05) is 0 Å². The fourth-order valence-electron chi connectivity index (χ4n) is 0.804. The average molecular weight is 257 g/mol. The minimum absolute atomic E-state index is 0.00639. The van der Waals surface area contributed by atoms with Crippen molar-refractivity contribution in [2.24, 2.45) is 5.16 Å². The van der Waals surface area contributed by atoms with Crippen molar-refractivity contribution in [3.05, 3.63) is 11.1 Å². The molecule has 1 amide bonds. The molecule has 17 heavy (non-hydrogen) atoms. The predicted octanol–water partition coefficient (Wildman–Crippen LogP) is 0.0632. The number of nitrogens with zero attached hydrogens (tertiary/aromatic N) is 2. The van der Waals surface area contributed by atoms with E-state index in [9.17, 15) is 14.4 Å². The molecule has 0 atom stereocenters. The van der Waals surface area contributed by atoms with Gasteiger partial charge in [-0.05, 0) is 0 Å². The van der Waals surface area contributed by atoms with Gasteiger partial charge in [0.25, 0.3) is 0 Å². The molecule has 8 nitrogen and oxygen atoms in total. The monoisotopic (exact) mass is 257 g/mol. The van der Waals surface area contributed by atoms with E-state index in [-0.39, 0.29) is 10.8 Å². The summed E-state index contributed by atoms with van der Waals surface area (Å²) in [6.07, 6.45) is 0.409. The Bertz CT molecular complexity index is 481. The zero-order chi connectivity index (χ0) is 12.8. The van der Waals surface area contributed by atoms with E-state index in [2.05, 4.69) is 20.3 Å². The first kappa shape index (κ1) is 12.8. The molecule has 0 saturated heterocycles. The van der Waals surface area contributed by atoms with Gasteiger partial charge in [0.05, 0.1) is 0 Å². The maximum Gasteiger partial charge on any atom is 0.360 e. The average Bonchev–Trinajstić information content (AvgIpc) is 2.66. The summed E-state index contributed by atoms with van der Waals surface area (Å²) in [4.78, 5) is 39.5. The number of aliphatic carboxylic acids is 1. The standard InChI is InChI=1S/C8H7N3O5S/c1-4(13)16-11-6(7(14)15)5-2-17-8(10-5)9-3-12/h2-3H,1H3,(H,14,15)(H,9,10,12)/b11-6+. The lowest BCUT2D eigenvalue weighted by molar-refractivity contribution is -0.141. The van der Waals surface area contributed by atoms with Crippen molar-refractivity contribution in [1.29, 1.82) is 0 Å². The van der Waals surface area contributed by atoms with Gasteiger partial charge in [0.15, 0.2) is 5.13 Å². The molecule has 1 aromatic rings. The molecule has 9 heteroatoms. The lowest BCUT2D eigenvalue weighted by Gasteiger charge is -1.96. The Hall–Kier alpha value is -2.29. The van der Waals surface area contributed by atoms with Crippen LogP contribution in [0.5, 0.6) is 0 Å². The Labute approximate surface area is 98.9 Å². The van der Waals surface area contributed by atoms with Gasteiger partial charge < -0.3 is 15.3 Å². The van der Waals surface area contributed by atoms with E-state index in [0.29, 0.717) is 6.41 Å². The minimum Gasteiger partial charge on any atom is -0.476 e. The van der Waals surface area contributed by atoms with Gasteiger partial charge in [-0.2, -0.15) is 0 Å². The first-order chi connectivity index (χ1) is 8.04. The third-order valence-corrected chi connectivity index (χ3v) is 2.17. The van der Waals surface area contributed by atoms with Crippen LogP contribution < -0.4 is 5.32 Å². The first-order valence-corrected chi connectivity index (χ1v) is 5.07. The van der Waals surface area contributed by atoms with Crippen LogP contribution in [0.1, 0.15) is 12.6 Å². The fourth-order valence-corrected chi connectivity index (χ4v) is 1.46. The number of oxime groups is 1. The molecule has 0 bridgehead atoms. The van der Waals surface area contributed by atoms with Gasteiger partial charge in [-0.3, -0.25) is 4.79 Å². The molecule has 0 spiro atoms. The highest BCUT2D eigenvalue weighted by Gasteiger charge is 2.17. The number of hydrogen-bond donors (Lipinski definition) is 2. The molecule has 0 aliphatic heterocycles. The smallest absolute Gasteiger partial charge is 0.360 e. The molecular formula is C8H7N3O5S. The molecule has 0 aromatic carbocycles. The van der Waals surface area contributed by atoms with Crippen LogP contribution in [0.2, 0.25) is 0 Å². The van der Waals surface area contributed by atoms with Crippen molar-refractivity contribution in [3.63, 3.8) is 0 Å². The third kappa shape index (κ3) is 3.65. The zero-order valence-electron chi connectivity index (χ0n) is 8.54. The summed E-state index contributed by atoms with van der Waals surface area (Å²) in [7, 11) is 0. The summed E-state index contributed by atoms with van der Waals surface area (Å²) in [5.41, 5.74) is -0.525. The summed E-state index contributed by atoms with van der Waals surface area (Å²) in [5, 5.41) is 15.8. The SMILES string of the molecule is CC(=O)O/N=C(/C(=O)O)c1csc(NC=O)n1. The predicted molar refractivity (Wildman–Crippen MR) is 57.7 cm³/mol. The number of aromatic nitrogens is 1. The number of carbonyl (C=O) groups excluding carboxylic acids is 2. The second-order valence-electron chi connectivity index (χ2n) is 2.63.